The third kappa shape index (κ3) is 2.09. The minimum Gasteiger partial charge on any atom is -0.207 e. The van der Waals surface area contributed by atoms with E-state index >= 15 is 0 Å². The Balaban J connectivity index is 3.20. The van der Waals surface area contributed by atoms with Crippen molar-refractivity contribution in [2.75, 3.05) is 0 Å². The summed E-state index contributed by atoms with van der Waals surface area (Å²) in [6.07, 6.45) is 0.774. The van der Waals surface area contributed by atoms with Crippen molar-refractivity contribution in [2.45, 2.75) is 40.0 Å². The summed E-state index contributed by atoms with van der Waals surface area (Å²) >= 11 is 0. The van der Waals surface area contributed by atoms with Gasteiger partial charge in [-0.25, -0.2) is 4.39 Å². The zero-order valence-corrected chi connectivity index (χ0v) is 8.82. The van der Waals surface area contributed by atoms with Crippen molar-refractivity contribution in [2.24, 2.45) is 0 Å². The van der Waals surface area contributed by atoms with Crippen molar-refractivity contribution in [3.63, 3.8) is 0 Å². The predicted octanol–water partition coefficient (Wildman–Crippen LogP) is 3.82. The van der Waals surface area contributed by atoms with Crippen LogP contribution in [0.4, 0.5) is 4.39 Å². The zero-order valence-electron chi connectivity index (χ0n) is 8.82. The highest BCUT2D eigenvalue weighted by Crippen LogP contribution is 2.21. The van der Waals surface area contributed by atoms with Gasteiger partial charge in [0, 0.05) is 0 Å². The molecule has 0 aliphatic rings. The molecule has 0 saturated carbocycles. The molecule has 1 aromatic carbocycles. The minimum atomic E-state index is -0.0498. The molecule has 0 nitrogen and oxygen atoms in total. The highest BCUT2D eigenvalue weighted by atomic mass is 19.1. The maximum absolute atomic E-state index is 13.5. The van der Waals surface area contributed by atoms with Gasteiger partial charge in [0.2, 0.25) is 0 Å². The molecule has 72 valence electrons. The van der Waals surface area contributed by atoms with Crippen LogP contribution < -0.4 is 0 Å². The lowest BCUT2D eigenvalue weighted by Crippen LogP contribution is -1.97. The first-order valence-corrected chi connectivity index (χ1v) is 4.85. The van der Waals surface area contributed by atoms with E-state index < -0.39 is 0 Å². The molecule has 0 saturated heterocycles. The van der Waals surface area contributed by atoms with Gasteiger partial charge < -0.3 is 0 Å². The first-order valence-electron chi connectivity index (χ1n) is 4.85. The lowest BCUT2D eigenvalue weighted by atomic mass is 9.96. The number of hydrogen-bond donors (Lipinski definition) is 0. The van der Waals surface area contributed by atoms with Crippen LogP contribution in [-0.4, -0.2) is 0 Å². The first-order chi connectivity index (χ1) is 6.06. The molecule has 0 aromatic heterocycles. The van der Waals surface area contributed by atoms with Crippen LogP contribution in [0, 0.1) is 12.7 Å². The van der Waals surface area contributed by atoms with Crippen LogP contribution in [0.25, 0.3) is 0 Å². The highest BCUT2D eigenvalue weighted by Gasteiger charge is 2.07. The summed E-state index contributed by atoms with van der Waals surface area (Å²) in [5, 5.41) is 0. The van der Waals surface area contributed by atoms with Crippen molar-refractivity contribution < 1.29 is 4.39 Å². The quantitative estimate of drug-likeness (QED) is 0.649. The van der Waals surface area contributed by atoms with Gasteiger partial charge in [-0.1, -0.05) is 26.8 Å². The lowest BCUT2D eigenvalue weighted by molar-refractivity contribution is 0.605. The molecule has 0 unspecified atom stereocenters. The average molecular weight is 180 g/mol. The minimum absolute atomic E-state index is 0.0498. The molecule has 0 amide bonds. The van der Waals surface area contributed by atoms with Crippen molar-refractivity contribution in [1.29, 1.82) is 0 Å². The summed E-state index contributed by atoms with van der Waals surface area (Å²) in [7, 11) is 0. The largest absolute Gasteiger partial charge is 0.207 e. The Labute approximate surface area is 79.8 Å². The fourth-order valence-electron chi connectivity index (χ4n) is 1.58. The maximum Gasteiger partial charge on any atom is 0.126 e. The Morgan fingerprint density at radius 1 is 1.31 bits per heavy atom. The van der Waals surface area contributed by atoms with Crippen LogP contribution in [0.3, 0.4) is 0 Å². The summed E-state index contributed by atoms with van der Waals surface area (Å²) in [6.45, 7) is 8.13. The first kappa shape index (κ1) is 10.2. The van der Waals surface area contributed by atoms with Gasteiger partial charge in [-0.05, 0) is 42.0 Å². The van der Waals surface area contributed by atoms with E-state index in [4.69, 9.17) is 0 Å². The third-order valence-electron chi connectivity index (χ3n) is 2.46. The molecule has 0 heterocycles. The van der Waals surface area contributed by atoms with E-state index in [0.717, 1.165) is 23.1 Å². The van der Waals surface area contributed by atoms with E-state index in [1.165, 1.54) is 0 Å². The van der Waals surface area contributed by atoms with Gasteiger partial charge in [-0.15, -0.1) is 0 Å². The normalized spacial score (nSPS) is 10.9. The molecule has 0 spiro atoms. The fraction of sp³-hybridized carbons (Fsp3) is 0.500. The van der Waals surface area contributed by atoms with Gasteiger partial charge in [-0.2, -0.15) is 0 Å². The molecular weight excluding hydrogens is 163 g/mol. The maximum atomic E-state index is 13.5. The van der Waals surface area contributed by atoms with Gasteiger partial charge in [-0.3, -0.25) is 0 Å². The molecule has 0 radical (unpaired) electrons. The van der Waals surface area contributed by atoms with Gasteiger partial charge >= 0.3 is 0 Å². The van der Waals surface area contributed by atoms with Crippen molar-refractivity contribution in [1.82, 2.24) is 0 Å². The summed E-state index contributed by atoms with van der Waals surface area (Å²) in [5.74, 6) is 0.352. The summed E-state index contributed by atoms with van der Waals surface area (Å²) in [5.41, 5.74) is 3.02. The Bertz CT molecular complexity index is 277. The average Bonchev–Trinajstić information content (AvgIpc) is 2.03. The third-order valence-corrected chi connectivity index (χ3v) is 2.46. The number of hydrogen-bond acceptors (Lipinski definition) is 0. The fourth-order valence-corrected chi connectivity index (χ4v) is 1.58. The second-order valence-corrected chi connectivity index (χ2v) is 3.81. The van der Waals surface area contributed by atoms with E-state index in [-0.39, 0.29) is 5.82 Å². The molecule has 0 N–H and O–H groups in total. The second kappa shape index (κ2) is 3.91. The summed E-state index contributed by atoms with van der Waals surface area (Å²) in [4.78, 5) is 0. The lowest BCUT2D eigenvalue weighted by Gasteiger charge is -2.10. The number of benzene rings is 1. The highest BCUT2D eigenvalue weighted by molar-refractivity contribution is 5.33. The molecule has 0 bridgehead atoms. The molecule has 1 aromatic rings. The number of rotatable bonds is 2. The SMILES string of the molecule is CCc1c(C)cc(C(C)C)cc1F. The standard InChI is InChI=1S/C12H17F/c1-5-11-9(4)6-10(8(2)3)7-12(11)13/h6-8H,5H2,1-4H3. The smallest absolute Gasteiger partial charge is 0.126 e. The van der Waals surface area contributed by atoms with Crippen LogP contribution in [-0.2, 0) is 6.42 Å². The molecular formula is C12H17F. The van der Waals surface area contributed by atoms with E-state index in [0.29, 0.717) is 5.92 Å². The number of aryl methyl sites for hydroxylation is 1. The summed E-state index contributed by atoms with van der Waals surface area (Å²) < 4.78 is 13.5. The van der Waals surface area contributed by atoms with Crippen molar-refractivity contribution in [3.05, 3.63) is 34.6 Å². The van der Waals surface area contributed by atoms with Crippen molar-refractivity contribution >= 4 is 0 Å². The van der Waals surface area contributed by atoms with Gasteiger partial charge in [0.1, 0.15) is 5.82 Å². The Kier molecular flexibility index (Phi) is 3.07. The van der Waals surface area contributed by atoms with E-state index in [2.05, 4.69) is 19.9 Å². The van der Waals surface area contributed by atoms with Crippen molar-refractivity contribution in [3.8, 4) is 0 Å². The van der Waals surface area contributed by atoms with E-state index in [9.17, 15) is 4.39 Å². The van der Waals surface area contributed by atoms with Gasteiger partial charge in [0.15, 0.2) is 0 Å². The van der Waals surface area contributed by atoms with Crippen LogP contribution in [0.15, 0.2) is 12.1 Å². The molecule has 0 aliphatic carbocycles. The predicted molar refractivity (Wildman–Crippen MR) is 54.6 cm³/mol. The van der Waals surface area contributed by atoms with Crippen LogP contribution in [0.1, 0.15) is 43.4 Å². The topological polar surface area (TPSA) is 0 Å². The van der Waals surface area contributed by atoms with Crippen LogP contribution in [0.5, 0.6) is 0 Å². The Hall–Kier alpha value is -0.850. The molecule has 0 atom stereocenters. The van der Waals surface area contributed by atoms with Gasteiger partial charge in [0.25, 0.3) is 0 Å². The molecule has 0 aliphatic heterocycles. The Morgan fingerprint density at radius 3 is 2.31 bits per heavy atom. The molecule has 1 heteroatoms. The molecule has 13 heavy (non-hydrogen) atoms. The van der Waals surface area contributed by atoms with E-state index in [1.807, 2.05) is 13.8 Å². The molecule has 0 fully saturated rings. The van der Waals surface area contributed by atoms with Gasteiger partial charge in [0.05, 0.1) is 0 Å². The van der Waals surface area contributed by atoms with Crippen LogP contribution >= 0.6 is 0 Å². The number of halogens is 1. The van der Waals surface area contributed by atoms with Crippen LogP contribution in [0.2, 0.25) is 0 Å². The zero-order chi connectivity index (χ0) is 10.0. The Morgan fingerprint density at radius 2 is 1.92 bits per heavy atom. The molecule has 1 rings (SSSR count). The second-order valence-electron chi connectivity index (χ2n) is 3.81. The summed E-state index contributed by atoms with van der Waals surface area (Å²) in [6, 6.07) is 3.75. The van der Waals surface area contributed by atoms with E-state index in [1.54, 1.807) is 6.07 Å². The monoisotopic (exact) mass is 180 g/mol.